The van der Waals surface area contributed by atoms with Crippen molar-refractivity contribution in [3.05, 3.63) is 0 Å². The lowest BCUT2D eigenvalue weighted by molar-refractivity contribution is -0.135. The van der Waals surface area contributed by atoms with Crippen LogP contribution in [-0.2, 0) is 9.59 Å². The fourth-order valence-corrected chi connectivity index (χ4v) is 0. The van der Waals surface area contributed by atoms with E-state index in [4.69, 9.17) is 20.7 Å². The molecule has 0 bridgehead atoms. The quantitative estimate of drug-likeness (QED) is 0.213. The predicted octanol–water partition coefficient (Wildman–Crippen LogP) is -1.11. The van der Waals surface area contributed by atoms with E-state index in [0.29, 0.717) is 0 Å². The van der Waals surface area contributed by atoms with Gasteiger partial charge in [-0.1, -0.05) is 12.2 Å². The van der Waals surface area contributed by atoms with Gasteiger partial charge in [-0.2, -0.15) is 0 Å². The van der Waals surface area contributed by atoms with Gasteiger partial charge in [0.2, 0.25) is 0 Å². The van der Waals surface area contributed by atoms with Crippen molar-refractivity contribution in [1.82, 2.24) is 0 Å². The maximum Gasteiger partial charge on any atom is 0.317 e. The molecule has 0 aliphatic heterocycles. The third kappa shape index (κ3) is 466. The van der Waals surface area contributed by atoms with Gasteiger partial charge in [0.05, 0.1) is 6.54 Å². The monoisotopic (exact) mass is 214 g/mol. The van der Waals surface area contributed by atoms with Crippen LogP contribution in [0.5, 0.6) is 0 Å². The zero-order chi connectivity index (χ0) is 10.6. The Labute approximate surface area is 80.0 Å². The standard InChI is InChI=1S/C2H5NO2.CH3NS2.CH2O2/c3-1-2(4)5;2-1(3)4;2-1-3/h1,3H2,(H,4,5);(H3,2,3,4);1H,(H,2,3). The topological polar surface area (TPSA) is 127 Å². The Kier molecular flexibility index (Phi) is 23.9. The van der Waals surface area contributed by atoms with E-state index in [0.717, 1.165) is 0 Å². The molecule has 0 rings (SSSR count). The zero-order valence-corrected chi connectivity index (χ0v) is 7.72. The predicted molar refractivity (Wildman–Crippen MR) is 51.2 cm³/mol. The van der Waals surface area contributed by atoms with Gasteiger partial charge in [0.25, 0.3) is 6.47 Å². The maximum atomic E-state index is 9.24. The van der Waals surface area contributed by atoms with Crippen LogP contribution in [0.2, 0.25) is 0 Å². The SMILES string of the molecule is NC(=S)S.NCC(=O)O.O=CO. The summed E-state index contributed by atoms with van der Waals surface area (Å²) in [4.78, 5) is 17.6. The highest BCUT2D eigenvalue weighted by molar-refractivity contribution is 8.10. The highest BCUT2D eigenvalue weighted by atomic mass is 32.1. The molecule has 6 nitrogen and oxygen atoms in total. The highest BCUT2D eigenvalue weighted by Crippen LogP contribution is 1.63. The molecule has 0 spiro atoms. The molecule has 0 aromatic rings. The summed E-state index contributed by atoms with van der Waals surface area (Å²) in [5, 5.41) is 14.5. The Bertz CT molecular complexity index is 137. The molecule has 8 heteroatoms. The molecular weight excluding hydrogens is 204 g/mol. The van der Waals surface area contributed by atoms with Gasteiger partial charge in [-0.3, -0.25) is 9.59 Å². The third-order valence-corrected chi connectivity index (χ3v) is 0.175. The van der Waals surface area contributed by atoms with E-state index in [-0.39, 0.29) is 17.3 Å². The summed E-state index contributed by atoms with van der Waals surface area (Å²) in [5.74, 6) is -0.968. The molecule has 0 aromatic heterocycles. The summed E-state index contributed by atoms with van der Waals surface area (Å²) in [6.07, 6.45) is 0. The van der Waals surface area contributed by atoms with E-state index in [1.165, 1.54) is 0 Å². The first-order valence-electron chi connectivity index (χ1n) is 2.40. The number of hydrogen-bond donors (Lipinski definition) is 5. The fourth-order valence-electron chi connectivity index (χ4n) is 0. The lowest BCUT2D eigenvalue weighted by Gasteiger charge is -1.73. The first-order chi connectivity index (χ1) is 5.42. The van der Waals surface area contributed by atoms with E-state index in [9.17, 15) is 4.79 Å². The second-order valence-corrected chi connectivity index (χ2v) is 2.27. The minimum Gasteiger partial charge on any atom is -0.483 e. The van der Waals surface area contributed by atoms with Gasteiger partial charge in [-0.25, -0.2) is 0 Å². The van der Waals surface area contributed by atoms with Crippen LogP contribution in [0.4, 0.5) is 0 Å². The van der Waals surface area contributed by atoms with E-state index >= 15 is 0 Å². The lowest BCUT2D eigenvalue weighted by atomic mass is 10.7. The van der Waals surface area contributed by atoms with E-state index < -0.39 is 5.97 Å². The Morgan fingerprint density at radius 1 is 1.67 bits per heavy atom. The van der Waals surface area contributed by atoms with E-state index in [2.05, 4.69) is 30.6 Å². The molecule has 0 fully saturated rings. The molecule has 0 saturated heterocycles. The normalized spacial score (nSPS) is 6.17. The van der Waals surface area contributed by atoms with Gasteiger partial charge in [0.15, 0.2) is 0 Å². The van der Waals surface area contributed by atoms with Crippen molar-refractivity contribution in [3.8, 4) is 0 Å². The molecular formula is C4H10N2O4S2. The van der Waals surface area contributed by atoms with Crippen molar-refractivity contribution in [3.63, 3.8) is 0 Å². The number of nitrogens with two attached hydrogens (primary N) is 2. The smallest absolute Gasteiger partial charge is 0.317 e. The molecule has 0 atom stereocenters. The van der Waals surface area contributed by atoms with Gasteiger partial charge >= 0.3 is 5.97 Å². The van der Waals surface area contributed by atoms with Crippen LogP contribution in [0.1, 0.15) is 0 Å². The molecule has 0 saturated carbocycles. The van der Waals surface area contributed by atoms with Crippen LogP contribution in [0.15, 0.2) is 0 Å². The average molecular weight is 214 g/mol. The molecule has 0 unspecified atom stereocenters. The number of carboxylic acids is 1. The molecule has 0 amide bonds. The van der Waals surface area contributed by atoms with Crippen LogP contribution >= 0.6 is 24.8 Å². The Balaban J connectivity index is -0.000000105. The van der Waals surface area contributed by atoms with Crippen molar-refractivity contribution in [1.29, 1.82) is 0 Å². The van der Waals surface area contributed by atoms with E-state index in [1.54, 1.807) is 0 Å². The summed E-state index contributed by atoms with van der Waals surface area (Å²) < 4.78 is 0.194. The second kappa shape index (κ2) is 16.6. The van der Waals surface area contributed by atoms with Crippen molar-refractivity contribution < 1.29 is 19.8 Å². The average Bonchev–Trinajstić information content (AvgIpc) is 1.88. The van der Waals surface area contributed by atoms with Gasteiger partial charge < -0.3 is 21.7 Å². The maximum absolute atomic E-state index is 9.24. The molecule has 72 valence electrons. The number of hydrogen-bond acceptors (Lipinski definition) is 4. The van der Waals surface area contributed by atoms with Crippen molar-refractivity contribution in [2.45, 2.75) is 0 Å². The van der Waals surface area contributed by atoms with Crippen LogP contribution < -0.4 is 11.5 Å². The fraction of sp³-hybridized carbons (Fsp3) is 0.250. The first kappa shape index (κ1) is 17.3. The first-order valence-corrected chi connectivity index (χ1v) is 3.26. The van der Waals surface area contributed by atoms with E-state index in [1.807, 2.05) is 0 Å². The van der Waals surface area contributed by atoms with Crippen LogP contribution in [0.25, 0.3) is 0 Å². The minimum absolute atomic E-state index is 0.194. The van der Waals surface area contributed by atoms with Crippen molar-refractivity contribution in [2.75, 3.05) is 6.54 Å². The number of thiocarbonyl (C=S) groups is 1. The van der Waals surface area contributed by atoms with Crippen molar-refractivity contribution in [2.24, 2.45) is 11.5 Å². The molecule has 0 heterocycles. The Hall–Kier alpha value is -0.860. The molecule has 0 aliphatic carbocycles. The summed E-state index contributed by atoms with van der Waals surface area (Å²) in [5.41, 5.74) is 9.28. The van der Waals surface area contributed by atoms with Gasteiger partial charge in [0.1, 0.15) is 4.32 Å². The highest BCUT2D eigenvalue weighted by Gasteiger charge is 1.81. The minimum atomic E-state index is -0.968. The molecule has 0 aromatic carbocycles. The summed E-state index contributed by atoms with van der Waals surface area (Å²) in [6, 6.07) is 0. The summed E-state index contributed by atoms with van der Waals surface area (Å²) in [7, 11) is 0. The number of carboxylic acid groups (broad SMARTS) is 2. The number of carbonyl (C=O) groups is 2. The van der Waals surface area contributed by atoms with Gasteiger partial charge in [-0.15, -0.1) is 12.6 Å². The Morgan fingerprint density at radius 2 is 1.75 bits per heavy atom. The summed E-state index contributed by atoms with van der Waals surface area (Å²) in [6.45, 7) is -0.528. The molecule has 0 radical (unpaired) electrons. The van der Waals surface area contributed by atoms with Crippen LogP contribution in [-0.4, -0.2) is 33.5 Å². The zero-order valence-electron chi connectivity index (χ0n) is 6.01. The number of aliphatic carboxylic acids is 1. The number of thiol groups is 1. The largest absolute Gasteiger partial charge is 0.483 e. The molecule has 0 aliphatic rings. The Morgan fingerprint density at radius 3 is 1.75 bits per heavy atom. The van der Waals surface area contributed by atoms with Gasteiger partial charge in [-0.05, 0) is 0 Å². The molecule has 6 N–H and O–H groups in total. The van der Waals surface area contributed by atoms with Gasteiger partial charge in [0, 0.05) is 0 Å². The number of rotatable bonds is 1. The molecule has 12 heavy (non-hydrogen) atoms. The second-order valence-electron chi connectivity index (χ2n) is 1.04. The van der Waals surface area contributed by atoms with Crippen LogP contribution in [0, 0.1) is 0 Å². The van der Waals surface area contributed by atoms with Crippen LogP contribution in [0.3, 0.4) is 0 Å². The van der Waals surface area contributed by atoms with Crippen molar-refractivity contribution >= 4 is 41.6 Å². The lowest BCUT2D eigenvalue weighted by Crippen LogP contribution is -2.10. The summed E-state index contributed by atoms with van der Waals surface area (Å²) >= 11 is 7.65. The third-order valence-electron chi connectivity index (χ3n) is 0.175.